The highest BCUT2D eigenvalue weighted by Gasteiger charge is 2.42. The first-order chi connectivity index (χ1) is 10.2. The molecule has 120 valence electrons. The van der Waals surface area contributed by atoms with Crippen molar-refractivity contribution in [2.24, 2.45) is 16.6 Å². The molecule has 0 spiro atoms. The van der Waals surface area contributed by atoms with Crippen LogP contribution in [-0.4, -0.2) is 44.9 Å². The van der Waals surface area contributed by atoms with E-state index in [4.69, 9.17) is 11.5 Å². The molecule has 1 aliphatic rings. The smallest absolute Gasteiger partial charge is 0.245 e. The fourth-order valence-electron chi connectivity index (χ4n) is 2.14. The Balaban J connectivity index is 2.33. The molecule has 1 atom stereocenters. The summed E-state index contributed by atoms with van der Waals surface area (Å²) >= 11 is 0. The molecular formula is C13H19N5O3S. The second kappa shape index (κ2) is 5.58. The number of carbonyl (C=O) groups is 1. The lowest BCUT2D eigenvalue weighted by Gasteiger charge is -2.22. The van der Waals surface area contributed by atoms with Crippen molar-refractivity contribution >= 4 is 27.3 Å². The van der Waals surface area contributed by atoms with Crippen LogP contribution in [0.25, 0.3) is 0 Å². The van der Waals surface area contributed by atoms with Crippen LogP contribution in [-0.2, 0) is 14.8 Å². The van der Waals surface area contributed by atoms with Gasteiger partial charge in [0.05, 0.1) is 23.7 Å². The second-order valence-electron chi connectivity index (χ2n) is 5.05. The summed E-state index contributed by atoms with van der Waals surface area (Å²) < 4.78 is 24.9. The quantitative estimate of drug-likeness (QED) is 0.636. The van der Waals surface area contributed by atoms with Gasteiger partial charge in [0, 0.05) is 12.6 Å². The van der Waals surface area contributed by atoms with Crippen molar-refractivity contribution in [3.05, 3.63) is 29.8 Å². The molecule has 0 saturated heterocycles. The molecule has 2 rings (SSSR count). The fraction of sp³-hybridized carbons (Fsp3) is 0.385. The van der Waals surface area contributed by atoms with Crippen LogP contribution in [0.2, 0.25) is 0 Å². The van der Waals surface area contributed by atoms with E-state index in [0.717, 1.165) is 0 Å². The van der Waals surface area contributed by atoms with E-state index in [-0.39, 0.29) is 12.3 Å². The van der Waals surface area contributed by atoms with Gasteiger partial charge >= 0.3 is 0 Å². The minimum Gasteiger partial charge on any atom is -0.368 e. The first-order valence-corrected chi connectivity index (χ1v) is 8.30. The zero-order valence-electron chi connectivity index (χ0n) is 12.4. The van der Waals surface area contributed by atoms with Crippen LogP contribution in [0.5, 0.6) is 0 Å². The topological polar surface area (TPSA) is 131 Å². The van der Waals surface area contributed by atoms with E-state index in [9.17, 15) is 13.2 Å². The standard InChI is InChI=1S/C13H19N5O3S/c1-3-22(20,21)18(2)10-6-4-9(5-7-10)11-13(15,12(14)19)8-16-17-11/h4-7,16H,3,8,15H2,1-2H3,(H2,14,19). The van der Waals surface area contributed by atoms with Crippen molar-refractivity contribution in [1.29, 1.82) is 0 Å². The third-order valence-electron chi connectivity index (χ3n) is 3.70. The largest absolute Gasteiger partial charge is 0.368 e. The van der Waals surface area contributed by atoms with Crippen LogP contribution >= 0.6 is 0 Å². The molecular weight excluding hydrogens is 306 g/mol. The molecule has 22 heavy (non-hydrogen) atoms. The molecule has 0 bridgehead atoms. The predicted molar refractivity (Wildman–Crippen MR) is 85.0 cm³/mol. The minimum absolute atomic E-state index is 0.00939. The Labute approximate surface area is 129 Å². The number of nitrogens with two attached hydrogens (primary N) is 2. The molecule has 5 N–H and O–H groups in total. The van der Waals surface area contributed by atoms with Crippen LogP contribution in [0.3, 0.4) is 0 Å². The maximum absolute atomic E-state index is 11.8. The summed E-state index contributed by atoms with van der Waals surface area (Å²) in [6.45, 7) is 1.71. The molecule has 0 fully saturated rings. The zero-order valence-corrected chi connectivity index (χ0v) is 13.2. The van der Waals surface area contributed by atoms with Gasteiger partial charge in [-0.15, -0.1) is 0 Å². The molecule has 1 heterocycles. The SMILES string of the molecule is CCS(=O)(=O)N(C)c1ccc(C2=NNCC2(N)C(N)=O)cc1. The lowest BCUT2D eigenvalue weighted by Crippen LogP contribution is -2.59. The normalized spacial score (nSPS) is 21.1. The zero-order chi connectivity index (χ0) is 16.5. The number of benzene rings is 1. The average Bonchev–Trinajstić information content (AvgIpc) is 2.90. The molecule has 0 saturated carbocycles. The number of hydrazone groups is 1. The van der Waals surface area contributed by atoms with Gasteiger partial charge in [-0.2, -0.15) is 5.10 Å². The third kappa shape index (κ3) is 2.64. The van der Waals surface area contributed by atoms with Crippen LogP contribution < -0.4 is 21.2 Å². The van der Waals surface area contributed by atoms with Crippen LogP contribution in [0.15, 0.2) is 29.4 Å². The lowest BCUT2D eigenvalue weighted by atomic mass is 9.89. The summed E-state index contributed by atoms with van der Waals surface area (Å²) in [4.78, 5) is 11.5. The van der Waals surface area contributed by atoms with Gasteiger partial charge in [0.25, 0.3) is 0 Å². The Morgan fingerprint density at radius 3 is 2.50 bits per heavy atom. The van der Waals surface area contributed by atoms with Crippen molar-refractivity contribution < 1.29 is 13.2 Å². The lowest BCUT2D eigenvalue weighted by molar-refractivity contribution is -0.120. The number of hydrogen-bond acceptors (Lipinski definition) is 6. The molecule has 1 aromatic carbocycles. The Morgan fingerprint density at radius 2 is 2.00 bits per heavy atom. The summed E-state index contributed by atoms with van der Waals surface area (Å²) in [5.74, 6) is -0.666. The van der Waals surface area contributed by atoms with E-state index in [2.05, 4.69) is 10.5 Å². The van der Waals surface area contributed by atoms with Crippen molar-refractivity contribution in [2.45, 2.75) is 12.5 Å². The molecule has 1 aliphatic heterocycles. The van der Waals surface area contributed by atoms with Crippen LogP contribution in [0, 0.1) is 0 Å². The Bertz CT molecular complexity index is 714. The maximum Gasteiger partial charge on any atom is 0.245 e. The Hall–Kier alpha value is -2.13. The number of anilines is 1. The number of primary amides is 1. The summed E-state index contributed by atoms with van der Waals surface area (Å²) in [6, 6.07) is 6.58. The van der Waals surface area contributed by atoms with Gasteiger partial charge in [-0.3, -0.25) is 9.10 Å². The number of hydrogen-bond donors (Lipinski definition) is 3. The van der Waals surface area contributed by atoms with E-state index in [1.807, 2.05) is 0 Å². The van der Waals surface area contributed by atoms with Crippen molar-refractivity contribution in [2.75, 3.05) is 23.7 Å². The molecule has 1 unspecified atom stereocenters. The summed E-state index contributed by atoms with van der Waals surface area (Å²) in [5, 5.41) is 4.03. The van der Waals surface area contributed by atoms with Gasteiger partial charge in [0.15, 0.2) is 5.54 Å². The number of amides is 1. The number of nitrogens with zero attached hydrogens (tertiary/aromatic N) is 2. The monoisotopic (exact) mass is 325 g/mol. The molecule has 0 radical (unpaired) electrons. The van der Waals surface area contributed by atoms with Gasteiger partial charge in [0.2, 0.25) is 15.9 Å². The van der Waals surface area contributed by atoms with Gasteiger partial charge in [-0.25, -0.2) is 8.42 Å². The van der Waals surface area contributed by atoms with E-state index < -0.39 is 21.5 Å². The van der Waals surface area contributed by atoms with Crippen LogP contribution in [0.4, 0.5) is 5.69 Å². The second-order valence-corrected chi connectivity index (χ2v) is 7.33. The summed E-state index contributed by atoms with van der Waals surface area (Å²) in [5.41, 5.74) is 14.1. The predicted octanol–water partition coefficient (Wildman–Crippen LogP) is -1.04. The fourth-order valence-corrected chi connectivity index (χ4v) is 2.97. The van der Waals surface area contributed by atoms with Gasteiger partial charge < -0.3 is 16.9 Å². The highest BCUT2D eigenvalue weighted by atomic mass is 32.2. The van der Waals surface area contributed by atoms with Gasteiger partial charge in [-0.05, 0) is 19.1 Å². The number of nitrogens with one attached hydrogen (secondary N) is 1. The first kappa shape index (κ1) is 16.2. The number of sulfonamides is 1. The van der Waals surface area contributed by atoms with E-state index in [1.54, 1.807) is 31.2 Å². The van der Waals surface area contributed by atoms with Crippen molar-refractivity contribution in [1.82, 2.24) is 5.43 Å². The minimum atomic E-state index is -3.33. The van der Waals surface area contributed by atoms with Crippen molar-refractivity contribution in [3.8, 4) is 0 Å². The average molecular weight is 325 g/mol. The van der Waals surface area contributed by atoms with Gasteiger partial charge in [0.1, 0.15) is 0 Å². The van der Waals surface area contributed by atoms with Crippen LogP contribution in [0.1, 0.15) is 12.5 Å². The van der Waals surface area contributed by atoms with Crippen molar-refractivity contribution in [3.63, 3.8) is 0 Å². The Kier molecular flexibility index (Phi) is 4.12. The van der Waals surface area contributed by atoms with E-state index in [1.165, 1.54) is 11.4 Å². The molecule has 0 aromatic heterocycles. The maximum atomic E-state index is 11.8. The third-order valence-corrected chi connectivity index (χ3v) is 5.47. The molecule has 9 heteroatoms. The van der Waals surface area contributed by atoms with E-state index in [0.29, 0.717) is 17.0 Å². The Morgan fingerprint density at radius 1 is 1.41 bits per heavy atom. The highest BCUT2D eigenvalue weighted by Crippen LogP contribution is 2.21. The van der Waals surface area contributed by atoms with E-state index >= 15 is 0 Å². The first-order valence-electron chi connectivity index (χ1n) is 6.69. The summed E-state index contributed by atoms with van der Waals surface area (Å²) in [7, 11) is -1.84. The highest BCUT2D eigenvalue weighted by molar-refractivity contribution is 7.92. The molecule has 0 aliphatic carbocycles. The summed E-state index contributed by atoms with van der Waals surface area (Å²) in [6.07, 6.45) is 0. The molecule has 8 nitrogen and oxygen atoms in total. The molecule has 1 aromatic rings. The van der Waals surface area contributed by atoms with Gasteiger partial charge in [-0.1, -0.05) is 12.1 Å². The number of rotatable bonds is 5. The number of carbonyl (C=O) groups excluding carboxylic acids is 1. The molecule has 1 amide bonds.